The lowest BCUT2D eigenvalue weighted by Gasteiger charge is -2.19. The molecule has 0 saturated carbocycles. The van der Waals surface area contributed by atoms with Crippen molar-refractivity contribution in [1.82, 2.24) is 14.5 Å². The van der Waals surface area contributed by atoms with Crippen LogP contribution in [-0.2, 0) is 0 Å². The Hall–Kier alpha value is -0.810. The summed E-state index contributed by atoms with van der Waals surface area (Å²) in [5.74, 6) is -0.430. The number of fused-ring (bicyclic) bond motifs is 1. The van der Waals surface area contributed by atoms with E-state index < -0.39 is 11.5 Å². The second kappa shape index (κ2) is 7.07. The van der Waals surface area contributed by atoms with Crippen molar-refractivity contribution in [3.8, 4) is 5.69 Å². The van der Waals surface area contributed by atoms with E-state index in [1.54, 1.807) is 18.3 Å². The molecule has 2 aromatic heterocycles. The molecule has 0 fully saturated rings. The van der Waals surface area contributed by atoms with E-state index in [0.29, 0.717) is 23.9 Å². The Bertz CT molecular complexity index is 1070. The van der Waals surface area contributed by atoms with Gasteiger partial charge in [0.05, 0.1) is 20.5 Å². The van der Waals surface area contributed by atoms with E-state index in [-0.39, 0.29) is 16.6 Å². The fraction of sp³-hybridized carbons (Fsp3) is 0.235. The largest absolute Gasteiger partial charge is 0.354 e. The molecule has 0 radical (unpaired) electrons. The third kappa shape index (κ3) is 3.18. The van der Waals surface area contributed by atoms with Crippen LogP contribution in [0.15, 0.2) is 23.1 Å². The summed E-state index contributed by atoms with van der Waals surface area (Å²) in [4.78, 5) is 21.0. The smallest absolute Gasteiger partial charge is 0.259 e. The molecule has 130 valence electrons. The summed E-state index contributed by atoms with van der Waals surface area (Å²) >= 11 is 10.1. The molecular formula is C17H13ClFI2N3O. The van der Waals surface area contributed by atoms with Crippen molar-refractivity contribution in [2.24, 2.45) is 0 Å². The van der Waals surface area contributed by atoms with Gasteiger partial charge in [0, 0.05) is 15.2 Å². The van der Waals surface area contributed by atoms with E-state index in [0.717, 1.165) is 5.56 Å². The summed E-state index contributed by atoms with van der Waals surface area (Å²) in [6, 6.07) is 3.54. The van der Waals surface area contributed by atoms with Crippen LogP contribution in [0.2, 0.25) is 5.15 Å². The first-order valence-corrected chi connectivity index (χ1v) is 9.99. The lowest BCUT2D eigenvalue weighted by Crippen LogP contribution is -2.25. The quantitative estimate of drug-likeness (QED) is 0.236. The monoisotopic (exact) mass is 583 g/mol. The topological polar surface area (TPSA) is 47.8 Å². The zero-order valence-corrected chi connectivity index (χ0v) is 18.6. The Morgan fingerprint density at radius 2 is 2.00 bits per heavy atom. The fourth-order valence-electron chi connectivity index (χ4n) is 2.74. The number of aryl methyl sites for hydroxylation is 1. The maximum Gasteiger partial charge on any atom is 0.354 e. The third-order valence-corrected chi connectivity index (χ3v) is 7.12. The highest BCUT2D eigenvalue weighted by Gasteiger charge is 2.22. The average molecular weight is 584 g/mol. The van der Waals surface area contributed by atoms with Gasteiger partial charge >= 0.3 is 5.69 Å². The first-order valence-electron chi connectivity index (χ1n) is 7.45. The number of hydrogen-bond donors (Lipinski definition) is 0. The first kappa shape index (κ1) is 19.0. The highest BCUT2D eigenvalue weighted by Crippen LogP contribution is 2.33. The van der Waals surface area contributed by atoms with Gasteiger partial charge in [0.25, 0.3) is 0 Å². The predicted octanol–water partition coefficient (Wildman–Crippen LogP) is 5.21. The molecule has 25 heavy (non-hydrogen) atoms. The van der Waals surface area contributed by atoms with E-state index in [1.807, 2.05) is 66.0 Å². The van der Waals surface area contributed by atoms with Gasteiger partial charge in [0.1, 0.15) is 5.15 Å². The minimum absolute atomic E-state index is 0.00268. The number of benzene rings is 1. The predicted molar refractivity (Wildman–Crippen MR) is 114 cm³/mol. The van der Waals surface area contributed by atoms with E-state index in [2.05, 4.69) is 9.97 Å². The van der Waals surface area contributed by atoms with Crippen LogP contribution in [-0.4, -0.2) is 14.5 Å². The van der Waals surface area contributed by atoms with Gasteiger partial charge in [-0.05, 0) is 75.7 Å². The number of hydrogen-bond acceptors (Lipinski definition) is 3. The van der Waals surface area contributed by atoms with Crippen LogP contribution in [0.25, 0.3) is 16.6 Å². The number of halogens is 4. The number of pyridine rings is 1. The molecule has 0 N–H and O–H groups in total. The minimum Gasteiger partial charge on any atom is -0.259 e. The molecule has 4 nitrogen and oxygen atoms in total. The van der Waals surface area contributed by atoms with Crippen molar-refractivity contribution >= 4 is 67.7 Å². The van der Waals surface area contributed by atoms with Crippen LogP contribution in [0, 0.1) is 19.9 Å². The normalized spacial score (nSPS) is 11.5. The molecule has 0 unspecified atom stereocenters. The van der Waals surface area contributed by atoms with Crippen molar-refractivity contribution in [2.45, 2.75) is 26.7 Å². The second-order valence-corrected chi connectivity index (χ2v) is 8.52. The van der Waals surface area contributed by atoms with Crippen molar-refractivity contribution in [3.05, 3.63) is 58.2 Å². The molecule has 0 atom stereocenters. The lowest BCUT2D eigenvalue weighted by molar-refractivity contribution is 0.623. The molecule has 0 aliphatic rings. The highest BCUT2D eigenvalue weighted by atomic mass is 127. The molecule has 0 aliphatic heterocycles. The van der Waals surface area contributed by atoms with Crippen molar-refractivity contribution in [2.75, 3.05) is 0 Å². The van der Waals surface area contributed by atoms with E-state index in [4.69, 9.17) is 11.6 Å². The van der Waals surface area contributed by atoms with Crippen LogP contribution >= 0.6 is 56.8 Å². The van der Waals surface area contributed by atoms with Crippen LogP contribution < -0.4 is 5.69 Å². The SMILES string of the molecule is Cc1ccnc(C(C)C)c1-n1c(=O)nc(Cl)c2cc(I)c(I)c(F)c21. The molecule has 0 amide bonds. The zero-order valence-electron chi connectivity index (χ0n) is 13.6. The minimum atomic E-state index is -0.619. The number of aromatic nitrogens is 3. The fourth-order valence-corrected chi connectivity index (χ4v) is 3.92. The molecule has 1 aromatic carbocycles. The van der Waals surface area contributed by atoms with Gasteiger partial charge in [-0.1, -0.05) is 25.4 Å². The Kier molecular flexibility index (Phi) is 5.36. The van der Waals surface area contributed by atoms with E-state index >= 15 is 4.39 Å². The summed E-state index contributed by atoms with van der Waals surface area (Å²) in [5, 5.41) is 0.402. The number of rotatable bonds is 2. The van der Waals surface area contributed by atoms with Gasteiger partial charge in [-0.3, -0.25) is 9.55 Å². The van der Waals surface area contributed by atoms with E-state index in [1.165, 1.54) is 4.57 Å². The Labute approximate surface area is 176 Å². The van der Waals surface area contributed by atoms with Gasteiger partial charge in [-0.15, -0.1) is 0 Å². The van der Waals surface area contributed by atoms with Crippen LogP contribution in [0.4, 0.5) is 4.39 Å². The van der Waals surface area contributed by atoms with Gasteiger partial charge in [0.15, 0.2) is 5.82 Å². The molecule has 0 spiro atoms. The molecule has 3 rings (SSSR count). The summed E-state index contributed by atoms with van der Waals surface area (Å²) in [5.41, 5.74) is 1.60. The Morgan fingerprint density at radius 1 is 1.32 bits per heavy atom. The van der Waals surface area contributed by atoms with Crippen molar-refractivity contribution in [3.63, 3.8) is 0 Å². The Morgan fingerprint density at radius 3 is 2.64 bits per heavy atom. The molecule has 0 aliphatic carbocycles. The maximum absolute atomic E-state index is 15.2. The van der Waals surface area contributed by atoms with Gasteiger partial charge in [-0.2, -0.15) is 4.98 Å². The summed E-state index contributed by atoms with van der Waals surface area (Å²) in [7, 11) is 0. The first-order chi connectivity index (χ1) is 11.7. The Balaban J connectivity index is 2.60. The van der Waals surface area contributed by atoms with Crippen LogP contribution in [0.1, 0.15) is 31.0 Å². The van der Waals surface area contributed by atoms with E-state index in [9.17, 15) is 4.79 Å². The summed E-state index contributed by atoms with van der Waals surface area (Å²) in [6.07, 6.45) is 1.69. The van der Waals surface area contributed by atoms with Crippen molar-refractivity contribution < 1.29 is 4.39 Å². The average Bonchev–Trinajstić information content (AvgIpc) is 2.54. The summed E-state index contributed by atoms with van der Waals surface area (Å²) in [6.45, 7) is 5.82. The van der Waals surface area contributed by atoms with Gasteiger partial charge in [0.2, 0.25) is 0 Å². The second-order valence-electron chi connectivity index (χ2n) is 5.92. The van der Waals surface area contributed by atoms with Gasteiger partial charge < -0.3 is 0 Å². The standard InChI is InChI=1S/C17H13ClFI2N3O/c1-7(2)13-14(8(3)4-5-22-13)24-15-9(16(18)23-17(24)25)6-10(20)12(21)11(15)19/h4-7H,1-3H3. The maximum atomic E-state index is 15.2. The molecule has 3 aromatic rings. The zero-order chi connectivity index (χ0) is 18.5. The molecule has 0 bridgehead atoms. The third-order valence-electron chi connectivity index (χ3n) is 3.89. The molecule has 0 saturated heterocycles. The highest BCUT2D eigenvalue weighted by molar-refractivity contribution is 14.1. The molecule has 8 heteroatoms. The van der Waals surface area contributed by atoms with Gasteiger partial charge in [-0.25, -0.2) is 9.18 Å². The summed E-state index contributed by atoms with van der Waals surface area (Å²) < 4.78 is 17.6. The van der Waals surface area contributed by atoms with Crippen molar-refractivity contribution in [1.29, 1.82) is 0 Å². The van der Waals surface area contributed by atoms with Crippen LogP contribution in [0.3, 0.4) is 0 Å². The molecular weight excluding hydrogens is 570 g/mol. The lowest BCUT2D eigenvalue weighted by atomic mass is 10.0. The number of nitrogens with zero attached hydrogens (tertiary/aromatic N) is 3. The van der Waals surface area contributed by atoms with Crippen LogP contribution in [0.5, 0.6) is 0 Å². The molecule has 2 heterocycles.